The molecule has 0 unspecified atom stereocenters. The molecule has 30 heavy (non-hydrogen) atoms. The summed E-state index contributed by atoms with van der Waals surface area (Å²) in [5.74, 6) is 0.779. The third-order valence-corrected chi connectivity index (χ3v) is 5.73. The Morgan fingerprint density at radius 2 is 1.73 bits per heavy atom. The summed E-state index contributed by atoms with van der Waals surface area (Å²) in [7, 11) is 0. The van der Waals surface area contributed by atoms with Gasteiger partial charge in [0.2, 0.25) is 5.91 Å². The van der Waals surface area contributed by atoms with Crippen LogP contribution in [0.3, 0.4) is 0 Å². The lowest BCUT2D eigenvalue weighted by molar-refractivity contribution is -0.132. The Kier molecular flexibility index (Phi) is 6.33. The maximum absolute atomic E-state index is 12.9. The largest absolute Gasteiger partial charge is 0.352 e. The van der Waals surface area contributed by atoms with Gasteiger partial charge in [0.15, 0.2) is 0 Å². The zero-order valence-electron chi connectivity index (χ0n) is 16.8. The number of hydrogen-bond donors (Lipinski definition) is 1. The van der Waals surface area contributed by atoms with Gasteiger partial charge in [-0.05, 0) is 55.7 Å². The molecular formula is C23H25ClN4O2. The van der Waals surface area contributed by atoms with Crippen molar-refractivity contribution in [1.82, 2.24) is 19.8 Å². The number of hydrogen-bond acceptors (Lipinski definition) is 3. The van der Waals surface area contributed by atoms with Crippen LogP contribution in [-0.2, 0) is 17.8 Å². The highest BCUT2D eigenvalue weighted by Crippen LogP contribution is 2.18. The first-order valence-electron chi connectivity index (χ1n) is 10.4. The smallest absolute Gasteiger partial charge is 0.251 e. The number of likely N-dealkylation sites (tertiary alicyclic amines) is 1. The average Bonchev–Trinajstić information content (AvgIpc) is 3.12. The molecule has 1 aliphatic rings. The second-order valence-electron chi connectivity index (χ2n) is 7.56. The Morgan fingerprint density at radius 3 is 2.50 bits per heavy atom. The summed E-state index contributed by atoms with van der Waals surface area (Å²) in [6.45, 7) is 2.37. The van der Waals surface area contributed by atoms with Crippen molar-refractivity contribution in [2.24, 2.45) is 0 Å². The maximum Gasteiger partial charge on any atom is 0.251 e. The molecule has 4 rings (SSSR count). The molecule has 0 radical (unpaired) electrons. The van der Waals surface area contributed by atoms with Gasteiger partial charge in [-0.1, -0.05) is 23.7 Å². The first-order chi connectivity index (χ1) is 14.6. The molecule has 3 aromatic rings. The third-order valence-electron chi connectivity index (χ3n) is 5.48. The van der Waals surface area contributed by atoms with Gasteiger partial charge < -0.3 is 14.8 Å². The van der Waals surface area contributed by atoms with Crippen LogP contribution in [0.2, 0.25) is 5.02 Å². The number of fused-ring (bicyclic) bond motifs is 1. The Hall–Kier alpha value is -2.86. The fourth-order valence-corrected chi connectivity index (χ4v) is 3.99. The number of aromatic nitrogens is 2. The summed E-state index contributed by atoms with van der Waals surface area (Å²) >= 11 is 5.88. The van der Waals surface area contributed by atoms with Gasteiger partial charge in [-0.3, -0.25) is 9.59 Å². The number of nitrogens with one attached hydrogen (secondary N) is 1. The van der Waals surface area contributed by atoms with Crippen LogP contribution >= 0.6 is 11.6 Å². The number of piperidine rings is 1. The number of imidazole rings is 1. The highest BCUT2D eigenvalue weighted by molar-refractivity contribution is 6.30. The van der Waals surface area contributed by atoms with E-state index in [1.54, 1.807) is 24.3 Å². The molecule has 1 N–H and O–H groups in total. The van der Waals surface area contributed by atoms with Crippen molar-refractivity contribution in [2.75, 3.05) is 19.6 Å². The van der Waals surface area contributed by atoms with Crippen LogP contribution in [-0.4, -0.2) is 45.9 Å². The van der Waals surface area contributed by atoms with E-state index in [9.17, 15) is 9.59 Å². The van der Waals surface area contributed by atoms with Crippen molar-refractivity contribution in [3.63, 3.8) is 0 Å². The minimum Gasteiger partial charge on any atom is -0.352 e. The van der Waals surface area contributed by atoms with Gasteiger partial charge in [0.05, 0.1) is 11.0 Å². The van der Waals surface area contributed by atoms with E-state index in [-0.39, 0.29) is 18.4 Å². The first-order valence-corrected chi connectivity index (χ1v) is 10.8. The molecule has 156 valence electrons. The lowest BCUT2D eigenvalue weighted by atomic mass is 10.1. The summed E-state index contributed by atoms with van der Waals surface area (Å²) in [6, 6.07) is 14.6. The van der Waals surface area contributed by atoms with Crippen LogP contribution in [0, 0.1) is 0 Å². The van der Waals surface area contributed by atoms with Gasteiger partial charge in [-0.15, -0.1) is 0 Å². The highest BCUT2D eigenvalue weighted by atomic mass is 35.5. The van der Waals surface area contributed by atoms with Crippen LogP contribution in [0.25, 0.3) is 11.0 Å². The van der Waals surface area contributed by atoms with Crippen LogP contribution in [0.1, 0.15) is 35.4 Å². The van der Waals surface area contributed by atoms with E-state index in [2.05, 4.69) is 5.32 Å². The maximum atomic E-state index is 12.9. The minimum absolute atomic E-state index is 0.129. The molecule has 1 saturated heterocycles. The number of rotatable bonds is 6. The van der Waals surface area contributed by atoms with Gasteiger partial charge in [0.1, 0.15) is 12.4 Å². The molecule has 0 spiro atoms. The molecule has 2 aromatic carbocycles. The van der Waals surface area contributed by atoms with Crippen LogP contribution in [0.5, 0.6) is 0 Å². The molecule has 1 aliphatic heterocycles. The van der Waals surface area contributed by atoms with Crippen LogP contribution in [0.4, 0.5) is 0 Å². The van der Waals surface area contributed by atoms with Crippen molar-refractivity contribution >= 4 is 34.4 Å². The Labute approximate surface area is 180 Å². The van der Waals surface area contributed by atoms with Gasteiger partial charge in [-0.25, -0.2) is 4.98 Å². The second-order valence-corrected chi connectivity index (χ2v) is 7.99. The van der Waals surface area contributed by atoms with E-state index in [1.807, 2.05) is 33.7 Å². The van der Waals surface area contributed by atoms with E-state index < -0.39 is 0 Å². The summed E-state index contributed by atoms with van der Waals surface area (Å²) < 4.78 is 1.99. The first kappa shape index (κ1) is 20.4. The number of carbonyl (C=O) groups excluding carboxylic acids is 2. The predicted molar refractivity (Wildman–Crippen MR) is 118 cm³/mol. The van der Waals surface area contributed by atoms with Crippen molar-refractivity contribution in [3.8, 4) is 0 Å². The fourth-order valence-electron chi connectivity index (χ4n) is 3.86. The molecule has 2 amide bonds. The molecule has 2 heterocycles. The summed E-state index contributed by atoms with van der Waals surface area (Å²) in [4.78, 5) is 31.9. The fraction of sp³-hybridized carbons (Fsp3) is 0.348. The normalized spacial score (nSPS) is 14.1. The molecule has 0 atom stereocenters. The Balaban J connectivity index is 1.46. The summed E-state index contributed by atoms with van der Waals surface area (Å²) in [5.41, 5.74) is 2.37. The summed E-state index contributed by atoms with van der Waals surface area (Å²) in [5, 5.41) is 3.52. The van der Waals surface area contributed by atoms with E-state index in [0.29, 0.717) is 23.6 Å². The quantitative estimate of drug-likeness (QED) is 0.656. The summed E-state index contributed by atoms with van der Waals surface area (Å²) in [6.07, 6.45) is 3.87. The zero-order valence-corrected chi connectivity index (χ0v) is 17.6. The van der Waals surface area contributed by atoms with E-state index in [0.717, 1.165) is 42.8 Å². The van der Waals surface area contributed by atoms with E-state index >= 15 is 0 Å². The molecule has 7 heteroatoms. The number of benzene rings is 2. The Bertz CT molecular complexity index is 1040. The predicted octanol–water partition coefficient (Wildman–Crippen LogP) is 3.67. The number of carbonyl (C=O) groups is 2. The lowest BCUT2D eigenvalue weighted by Gasteiger charge is -2.27. The standard InChI is InChI=1S/C23H25ClN4O2/c24-18-10-8-17(9-11-18)23(30)25-13-12-21-26-19-6-2-3-7-20(19)28(21)16-22(29)27-14-4-1-5-15-27/h2-3,6-11H,1,4-5,12-16H2,(H,25,30). The van der Waals surface area contributed by atoms with Crippen molar-refractivity contribution in [2.45, 2.75) is 32.2 Å². The number of nitrogens with zero attached hydrogens (tertiary/aromatic N) is 3. The van der Waals surface area contributed by atoms with Gasteiger partial charge in [0, 0.05) is 36.6 Å². The van der Waals surface area contributed by atoms with Gasteiger partial charge >= 0.3 is 0 Å². The van der Waals surface area contributed by atoms with Gasteiger partial charge in [-0.2, -0.15) is 0 Å². The van der Waals surface area contributed by atoms with Crippen molar-refractivity contribution in [3.05, 3.63) is 64.9 Å². The molecule has 1 aromatic heterocycles. The molecule has 1 fully saturated rings. The SMILES string of the molecule is O=C(NCCc1nc2ccccc2n1CC(=O)N1CCCCC1)c1ccc(Cl)cc1. The molecule has 6 nitrogen and oxygen atoms in total. The zero-order chi connectivity index (χ0) is 20.9. The number of amides is 2. The third kappa shape index (κ3) is 4.65. The molecular weight excluding hydrogens is 400 g/mol. The van der Waals surface area contributed by atoms with E-state index in [1.165, 1.54) is 6.42 Å². The van der Waals surface area contributed by atoms with Crippen LogP contribution < -0.4 is 5.32 Å². The lowest BCUT2D eigenvalue weighted by Crippen LogP contribution is -2.38. The number of para-hydroxylation sites is 2. The van der Waals surface area contributed by atoms with E-state index in [4.69, 9.17) is 16.6 Å². The Morgan fingerprint density at radius 1 is 1.00 bits per heavy atom. The monoisotopic (exact) mass is 424 g/mol. The second kappa shape index (κ2) is 9.30. The van der Waals surface area contributed by atoms with Crippen LogP contribution in [0.15, 0.2) is 48.5 Å². The van der Waals surface area contributed by atoms with Crippen molar-refractivity contribution in [1.29, 1.82) is 0 Å². The number of halogens is 1. The van der Waals surface area contributed by atoms with Gasteiger partial charge in [0.25, 0.3) is 5.91 Å². The molecule has 0 saturated carbocycles. The molecule has 0 aliphatic carbocycles. The average molecular weight is 425 g/mol. The molecule has 0 bridgehead atoms. The van der Waals surface area contributed by atoms with Crippen molar-refractivity contribution < 1.29 is 9.59 Å². The topological polar surface area (TPSA) is 67.2 Å². The minimum atomic E-state index is -0.154. The highest BCUT2D eigenvalue weighted by Gasteiger charge is 2.20.